The fourth-order valence-corrected chi connectivity index (χ4v) is 2.66. The molecule has 1 heterocycles. The van der Waals surface area contributed by atoms with E-state index in [-0.39, 0.29) is 0 Å². The molecule has 1 saturated heterocycles. The van der Waals surface area contributed by atoms with E-state index >= 15 is 0 Å². The molecule has 0 radical (unpaired) electrons. The van der Waals surface area contributed by atoms with Gasteiger partial charge in [-0.1, -0.05) is 0 Å². The number of ether oxygens (including phenoxy) is 1. The Balaban J connectivity index is 1.77. The quantitative estimate of drug-likeness (QED) is 0.701. The second-order valence-corrected chi connectivity index (χ2v) is 5.70. The average Bonchev–Trinajstić information content (AvgIpc) is 2.99. The van der Waals surface area contributed by atoms with Crippen LogP contribution in [0.4, 0.5) is 0 Å². The Kier molecular flexibility index (Phi) is 5.26. The van der Waals surface area contributed by atoms with E-state index < -0.39 is 0 Å². The first-order valence-electron chi connectivity index (χ1n) is 7.34. The Morgan fingerprint density at radius 1 is 1.29 bits per heavy atom. The number of hydrogen-bond donors (Lipinski definition) is 1. The fraction of sp³-hybridized carbons (Fsp3) is 1.00. The molecule has 0 aromatic heterocycles. The molecule has 0 aromatic rings. The number of nitrogens with one attached hydrogen (secondary N) is 1. The fourth-order valence-electron chi connectivity index (χ4n) is 2.66. The van der Waals surface area contributed by atoms with Gasteiger partial charge in [0.25, 0.3) is 0 Å². The van der Waals surface area contributed by atoms with Crippen LogP contribution in [-0.4, -0.2) is 49.8 Å². The molecule has 2 atom stereocenters. The van der Waals surface area contributed by atoms with Gasteiger partial charge < -0.3 is 10.1 Å². The molecule has 1 aliphatic heterocycles. The Hall–Kier alpha value is -0.120. The first-order chi connectivity index (χ1) is 8.29. The highest BCUT2D eigenvalue weighted by molar-refractivity contribution is 4.84. The third-order valence-corrected chi connectivity index (χ3v) is 3.99. The Morgan fingerprint density at radius 3 is 2.71 bits per heavy atom. The van der Waals surface area contributed by atoms with Gasteiger partial charge in [-0.15, -0.1) is 0 Å². The Labute approximate surface area is 106 Å². The lowest BCUT2D eigenvalue weighted by molar-refractivity contribution is 0.0669. The summed E-state index contributed by atoms with van der Waals surface area (Å²) in [7, 11) is 0. The van der Waals surface area contributed by atoms with Crippen LogP contribution in [-0.2, 0) is 4.74 Å². The molecular weight excluding hydrogens is 212 g/mol. The van der Waals surface area contributed by atoms with E-state index in [9.17, 15) is 0 Å². The topological polar surface area (TPSA) is 24.5 Å². The molecule has 2 fully saturated rings. The highest BCUT2D eigenvalue weighted by Crippen LogP contribution is 2.30. The summed E-state index contributed by atoms with van der Waals surface area (Å²) >= 11 is 0. The van der Waals surface area contributed by atoms with Gasteiger partial charge in [-0.05, 0) is 52.0 Å². The van der Waals surface area contributed by atoms with Crippen LogP contribution in [0.25, 0.3) is 0 Å². The molecule has 100 valence electrons. The van der Waals surface area contributed by atoms with Crippen LogP contribution >= 0.6 is 0 Å². The van der Waals surface area contributed by atoms with E-state index in [0.717, 1.165) is 25.2 Å². The van der Waals surface area contributed by atoms with Crippen molar-refractivity contribution in [3.8, 4) is 0 Å². The molecule has 2 unspecified atom stereocenters. The largest absolute Gasteiger partial charge is 0.380 e. The molecule has 2 aliphatic rings. The summed E-state index contributed by atoms with van der Waals surface area (Å²) in [6.07, 6.45) is 5.58. The van der Waals surface area contributed by atoms with Crippen molar-refractivity contribution in [2.45, 2.75) is 51.6 Å². The standard InChI is InChI=1S/C14H28N2O/c1-3-17-11-12(2)16(9-13-6-7-13)10-14-5-4-8-15-14/h12-15H,3-11H2,1-2H3. The molecule has 1 saturated carbocycles. The van der Waals surface area contributed by atoms with Crippen LogP contribution in [0.5, 0.6) is 0 Å². The van der Waals surface area contributed by atoms with Crippen LogP contribution in [0, 0.1) is 5.92 Å². The molecule has 0 amide bonds. The lowest BCUT2D eigenvalue weighted by atomic mass is 10.1. The van der Waals surface area contributed by atoms with Gasteiger partial charge in [-0.2, -0.15) is 0 Å². The van der Waals surface area contributed by atoms with Crippen molar-refractivity contribution in [3.63, 3.8) is 0 Å². The zero-order valence-electron chi connectivity index (χ0n) is 11.5. The van der Waals surface area contributed by atoms with E-state index in [1.54, 1.807) is 0 Å². The monoisotopic (exact) mass is 240 g/mol. The molecule has 17 heavy (non-hydrogen) atoms. The van der Waals surface area contributed by atoms with Crippen molar-refractivity contribution in [1.29, 1.82) is 0 Å². The summed E-state index contributed by atoms with van der Waals surface area (Å²) in [5, 5.41) is 3.61. The molecule has 0 aromatic carbocycles. The van der Waals surface area contributed by atoms with Crippen LogP contribution in [0.15, 0.2) is 0 Å². The summed E-state index contributed by atoms with van der Waals surface area (Å²) in [4.78, 5) is 2.65. The van der Waals surface area contributed by atoms with E-state index in [1.807, 2.05) is 0 Å². The van der Waals surface area contributed by atoms with Gasteiger partial charge in [-0.3, -0.25) is 4.90 Å². The lowest BCUT2D eigenvalue weighted by Crippen LogP contribution is -2.45. The summed E-state index contributed by atoms with van der Waals surface area (Å²) in [6, 6.07) is 1.29. The van der Waals surface area contributed by atoms with E-state index in [2.05, 4.69) is 24.1 Å². The van der Waals surface area contributed by atoms with Crippen molar-refractivity contribution in [1.82, 2.24) is 10.2 Å². The van der Waals surface area contributed by atoms with Crippen LogP contribution < -0.4 is 5.32 Å². The van der Waals surface area contributed by atoms with E-state index in [1.165, 1.54) is 45.3 Å². The molecule has 3 nitrogen and oxygen atoms in total. The van der Waals surface area contributed by atoms with Gasteiger partial charge in [0.1, 0.15) is 0 Å². The molecule has 1 aliphatic carbocycles. The maximum atomic E-state index is 5.58. The van der Waals surface area contributed by atoms with Crippen molar-refractivity contribution in [2.24, 2.45) is 5.92 Å². The zero-order valence-corrected chi connectivity index (χ0v) is 11.5. The molecule has 0 bridgehead atoms. The van der Waals surface area contributed by atoms with Crippen LogP contribution in [0.1, 0.15) is 39.5 Å². The van der Waals surface area contributed by atoms with Gasteiger partial charge in [-0.25, -0.2) is 0 Å². The minimum absolute atomic E-state index is 0.568. The summed E-state index contributed by atoms with van der Waals surface area (Å²) < 4.78 is 5.58. The first-order valence-corrected chi connectivity index (χ1v) is 7.34. The summed E-state index contributed by atoms with van der Waals surface area (Å²) in [6.45, 7) is 9.82. The van der Waals surface area contributed by atoms with Gasteiger partial charge in [0, 0.05) is 31.8 Å². The SMILES string of the molecule is CCOCC(C)N(CC1CC1)CC1CCCN1. The minimum Gasteiger partial charge on any atom is -0.380 e. The predicted octanol–water partition coefficient (Wildman–Crippen LogP) is 1.88. The lowest BCUT2D eigenvalue weighted by Gasteiger charge is -2.31. The molecule has 2 rings (SSSR count). The van der Waals surface area contributed by atoms with Gasteiger partial charge in [0.2, 0.25) is 0 Å². The highest BCUT2D eigenvalue weighted by Gasteiger charge is 2.28. The third kappa shape index (κ3) is 4.57. The van der Waals surface area contributed by atoms with Gasteiger partial charge in [0.15, 0.2) is 0 Å². The molecule has 0 spiro atoms. The molecule has 1 N–H and O–H groups in total. The molecular formula is C14H28N2O. The van der Waals surface area contributed by atoms with Crippen molar-refractivity contribution < 1.29 is 4.74 Å². The number of nitrogens with zero attached hydrogens (tertiary/aromatic N) is 1. The molecule has 3 heteroatoms. The predicted molar refractivity (Wildman–Crippen MR) is 71.3 cm³/mol. The van der Waals surface area contributed by atoms with Crippen molar-refractivity contribution >= 4 is 0 Å². The minimum atomic E-state index is 0.568. The van der Waals surface area contributed by atoms with Crippen LogP contribution in [0.2, 0.25) is 0 Å². The maximum absolute atomic E-state index is 5.58. The summed E-state index contributed by atoms with van der Waals surface area (Å²) in [5.74, 6) is 0.973. The normalized spacial score (nSPS) is 26.6. The number of hydrogen-bond acceptors (Lipinski definition) is 3. The van der Waals surface area contributed by atoms with E-state index in [4.69, 9.17) is 4.74 Å². The summed E-state index contributed by atoms with van der Waals surface area (Å²) in [5.41, 5.74) is 0. The van der Waals surface area contributed by atoms with Crippen molar-refractivity contribution in [3.05, 3.63) is 0 Å². The van der Waals surface area contributed by atoms with Crippen molar-refractivity contribution in [2.75, 3.05) is 32.8 Å². The van der Waals surface area contributed by atoms with Crippen LogP contribution in [0.3, 0.4) is 0 Å². The second kappa shape index (κ2) is 6.72. The van der Waals surface area contributed by atoms with E-state index in [0.29, 0.717) is 6.04 Å². The Bertz CT molecular complexity index is 212. The first kappa shape index (κ1) is 13.3. The smallest absolute Gasteiger partial charge is 0.0619 e. The maximum Gasteiger partial charge on any atom is 0.0619 e. The Morgan fingerprint density at radius 2 is 2.12 bits per heavy atom. The van der Waals surface area contributed by atoms with Gasteiger partial charge >= 0.3 is 0 Å². The second-order valence-electron chi connectivity index (χ2n) is 5.70. The highest BCUT2D eigenvalue weighted by atomic mass is 16.5. The average molecular weight is 240 g/mol. The zero-order chi connectivity index (χ0) is 12.1. The van der Waals surface area contributed by atoms with Gasteiger partial charge in [0.05, 0.1) is 6.61 Å². The number of rotatable bonds is 8. The third-order valence-electron chi connectivity index (χ3n) is 3.99.